The van der Waals surface area contributed by atoms with E-state index in [1.807, 2.05) is 20.8 Å². The average molecular weight is 286 g/mol. The van der Waals surface area contributed by atoms with E-state index in [0.29, 0.717) is 6.61 Å². The second-order valence-electron chi connectivity index (χ2n) is 6.13. The molecule has 0 fully saturated rings. The van der Waals surface area contributed by atoms with Crippen LogP contribution in [0.5, 0.6) is 0 Å². The molecule has 0 saturated carbocycles. The predicted molar refractivity (Wildman–Crippen MR) is 84.7 cm³/mol. The average Bonchev–Trinajstić information content (AvgIpc) is 2.35. The number of unbranched alkanes of at least 4 members (excludes halogenated alkanes) is 4. The third-order valence-corrected chi connectivity index (χ3v) is 3.51. The van der Waals surface area contributed by atoms with Crippen LogP contribution in [0, 0.1) is 0 Å². The SMILES string of the molecule is CCCCCCCOCCCC(C)(NC(C)C)C(N)=O. The van der Waals surface area contributed by atoms with Gasteiger partial charge < -0.3 is 15.8 Å². The van der Waals surface area contributed by atoms with E-state index in [2.05, 4.69) is 12.2 Å². The molecule has 1 amide bonds. The Morgan fingerprint density at radius 3 is 2.30 bits per heavy atom. The van der Waals surface area contributed by atoms with Crippen molar-refractivity contribution in [2.45, 2.75) is 84.2 Å². The number of ether oxygens (including phenoxy) is 1. The zero-order valence-electron chi connectivity index (χ0n) is 13.8. The number of carbonyl (C=O) groups excluding carboxylic acids is 1. The van der Waals surface area contributed by atoms with Crippen LogP contribution < -0.4 is 11.1 Å². The van der Waals surface area contributed by atoms with Crippen molar-refractivity contribution in [1.82, 2.24) is 5.32 Å². The van der Waals surface area contributed by atoms with Crippen molar-refractivity contribution in [3.63, 3.8) is 0 Å². The molecule has 1 atom stereocenters. The Kier molecular flexibility index (Phi) is 10.8. The van der Waals surface area contributed by atoms with Gasteiger partial charge in [-0.05, 0) is 40.0 Å². The van der Waals surface area contributed by atoms with Crippen LogP contribution in [-0.4, -0.2) is 30.7 Å². The molecule has 0 aromatic heterocycles. The topological polar surface area (TPSA) is 64.3 Å². The number of primary amides is 1. The van der Waals surface area contributed by atoms with Crippen molar-refractivity contribution in [3.05, 3.63) is 0 Å². The van der Waals surface area contributed by atoms with Gasteiger partial charge in [0.05, 0.1) is 5.54 Å². The van der Waals surface area contributed by atoms with Gasteiger partial charge in [0.1, 0.15) is 0 Å². The highest BCUT2D eigenvalue weighted by molar-refractivity contribution is 5.84. The maximum atomic E-state index is 11.5. The second-order valence-corrected chi connectivity index (χ2v) is 6.13. The lowest BCUT2D eigenvalue weighted by Gasteiger charge is -2.29. The van der Waals surface area contributed by atoms with Gasteiger partial charge in [0.2, 0.25) is 5.91 Å². The first-order valence-electron chi connectivity index (χ1n) is 8.07. The number of hydrogen-bond donors (Lipinski definition) is 2. The number of rotatable bonds is 13. The molecule has 0 rings (SSSR count). The minimum atomic E-state index is -0.626. The Balaban J connectivity index is 3.67. The Morgan fingerprint density at radius 1 is 1.15 bits per heavy atom. The van der Waals surface area contributed by atoms with E-state index in [4.69, 9.17) is 10.5 Å². The Morgan fingerprint density at radius 2 is 1.75 bits per heavy atom. The fourth-order valence-corrected chi connectivity index (χ4v) is 2.34. The van der Waals surface area contributed by atoms with Crippen LogP contribution in [0.15, 0.2) is 0 Å². The van der Waals surface area contributed by atoms with Crippen molar-refractivity contribution < 1.29 is 9.53 Å². The van der Waals surface area contributed by atoms with Crippen LogP contribution in [0.4, 0.5) is 0 Å². The summed E-state index contributed by atoms with van der Waals surface area (Å²) < 4.78 is 5.61. The number of nitrogens with two attached hydrogens (primary N) is 1. The van der Waals surface area contributed by atoms with Gasteiger partial charge in [-0.2, -0.15) is 0 Å². The molecule has 0 radical (unpaired) electrons. The summed E-state index contributed by atoms with van der Waals surface area (Å²) >= 11 is 0. The molecule has 3 N–H and O–H groups in total. The van der Waals surface area contributed by atoms with Gasteiger partial charge in [-0.25, -0.2) is 0 Å². The molecule has 120 valence electrons. The number of nitrogens with one attached hydrogen (secondary N) is 1. The van der Waals surface area contributed by atoms with Gasteiger partial charge >= 0.3 is 0 Å². The normalized spacial score (nSPS) is 14.4. The highest BCUT2D eigenvalue weighted by Gasteiger charge is 2.30. The fraction of sp³-hybridized carbons (Fsp3) is 0.938. The summed E-state index contributed by atoms with van der Waals surface area (Å²) in [5, 5.41) is 3.25. The lowest BCUT2D eigenvalue weighted by molar-refractivity contribution is -0.124. The summed E-state index contributed by atoms with van der Waals surface area (Å²) in [7, 11) is 0. The lowest BCUT2D eigenvalue weighted by atomic mass is 9.94. The number of amides is 1. The van der Waals surface area contributed by atoms with Gasteiger partial charge in [-0.15, -0.1) is 0 Å². The quantitative estimate of drug-likeness (QED) is 0.512. The van der Waals surface area contributed by atoms with E-state index in [1.165, 1.54) is 25.7 Å². The van der Waals surface area contributed by atoms with E-state index < -0.39 is 5.54 Å². The highest BCUT2D eigenvalue weighted by atomic mass is 16.5. The van der Waals surface area contributed by atoms with E-state index in [1.54, 1.807) is 0 Å². The van der Waals surface area contributed by atoms with Crippen LogP contribution in [0.2, 0.25) is 0 Å². The van der Waals surface area contributed by atoms with E-state index >= 15 is 0 Å². The number of hydrogen-bond acceptors (Lipinski definition) is 3. The Labute approximate surface area is 124 Å². The van der Waals surface area contributed by atoms with Crippen LogP contribution in [0.1, 0.15) is 72.6 Å². The zero-order chi connectivity index (χ0) is 15.4. The van der Waals surface area contributed by atoms with Gasteiger partial charge in [0.25, 0.3) is 0 Å². The molecule has 0 aliphatic rings. The Bertz CT molecular complexity index is 257. The van der Waals surface area contributed by atoms with Crippen molar-refractivity contribution >= 4 is 5.91 Å². The van der Waals surface area contributed by atoms with Crippen LogP contribution in [0.25, 0.3) is 0 Å². The molecular formula is C16H34N2O2. The molecule has 0 aromatic rings. The van der Waals surface area contributed by atoms with Crippen LogP contribution >= 0.6 is 0 Å². The summed E-state index contributed by atoms with van der Waals surface area (Å²) in [5.41, 5.74) is 4.86. The molecular weight excluding hydrogens is 252 g/mol. The molecule has 0 aliphatic heterocycles. The van der Waals surface area contributed by atoms with E-state index in [0.717, 1.165) is 25.9 Å². The minimum Gasteiger partial charge on any atom is -0.381 e. The molecule has 0 aromatic carbocycles. The van der Waals surface area contributed by atoms with Gasteiger partial charge in [-0.3, -0.25) is 4.79 Å². The maximum absolute atomic E-state index is 11.5. The molecule has 0 aliphatic carbocycles. The molecule has 0 spiro atoms. The first-order valence-corrected chi connectivity index (χ1v) is 8.07. The van der Waals surface area contributed by atoms with Gasteiger partial charge in [0, 0.05) is 19.3 Å². The largest absolute Gasteiger partial charge is 0.381 e. The molecule has 4 nitrogen and oxygen atoms in total. The van der Waals surface area contributed by atoms with Crippen molar-refractivity contribution in [2.24, 2.45) is 5.73 Å². The third kappa shape index (κ3) is 9.32. The minimum absolute atomic E-state index is 0.243. The van der Waals surface area contributed by atoms with Gasteiger partial charge in [0.15, 0.2) is 0 Å². The smallest absolute Gasteiger partial charge is 0.237 e. The summed E-state index contributed by atoms with van der Waals surface area (Å²) in [5.74, 6) is -0.286. The van der Waals surface area contributed by atoms with Crippen molar-refractivity contribution in [3.8, 4) is 0 Å². The Hall–Kier alpha value is -0.610. The van der Waals surface area contributed by atoms with Crippen molar-refractivity contribution in [2.75, 3.05) is 13.2 Å². The highest BCUT2D eigenvalue weighted by Crippen LogP contribution is 2.13. The maximum Gasteiger partial charge on any atom is 0.237 e. The predicted octanol–water partition coefficient (Wildman–Crippen LogP) is 3.00. The zero-order valence-corrected chi connectivity index (χ0v) is 13.8. The molecule has 0 heterocycles. The molecule has 20 heavy (non-hydrogen) atoms. The van der Waals surface area contributed by atoms with Crippen LogP contribution in [-0.2, 0) is 9.53 Å². The summed E-state index contributed by atoms with van der Waals surface area (Å²) in [6.45, 7) is 9.67. The van der Waals surface area contributed by atoms with Crippen LogP contribution in [0.3, 0.4) is 0 Å². The van der Waals surface area contributed by atoms with E-state index in [9.17, 15) is 4.79 Å². The molecule has 0 saturated heterocycles. The first-order chi connectivity index (χ1) is 9.42. The fourth-order valence-electron chi connectivity index (χ4n) is 2.34. The lowest BCUT2D eigenvalue weighted by Crippen LogP contribution is -2.55. The summed E-state index contributed by atoms with van der Waals surface area (Å²) in [4.78, 5) is 11.5. The molecule has 1 unspecified atom stereocenters. The monoisotopic (exact) mass is 286 g/mol. The number of carbonyl (C=O) groups is 1. The van der Waals surface area contributed by atoms with Gasteiger partial charge in [-0.1, -0.05) is 32.6 Å². The third-order valence-electron chi connectivity index (χ3n) is 3.51. The second kappa shape index (κ2) is 11.1. The first kappa shape index (κ1) is 19.4. The van der Waals surface area contributed by atoms with E-state index in [-0.39, 0.29) is 11.9 Å². The molecule has 0 bridgehead atoms. The van der Waals surface area contributed by atoms with Crippen molar-refractivity contribution in [1.29, 1.82) is 0 Å². The summed E-state index contributed by atoms with van der Waals surface area (Å²) in [6, 6.07) is 0.243. The summed E-state index contributed by atoms with van der Waals surface area (Å²) in [6.07, 6.45) is 7.86. The standard InChI is InChI=1S/C16H34N2O2/c1-5-6-7-8-9-12-20-13-10-11-16(4,15(17)19)18-14(2)3/h14,18H,5-13H2,1-4H3,(H2,17,19). The molecule has 4 heteroatoms.